The van der Waals surface area contributed by atoms with E-state index < -0.39 is 0 Å². The summed E-state index contributed by atoms with van der Waals surface area (Å²) >= 11 is 7.86. The van der Waals surface area contributed by atoms with Gasteiger partial charge in [-0.2, -0.15) is 0 Å². The summed E-state index contributed by atoms with van der Waals surface area (Å²) in [6, 6.07) is 15.5. The summed E-state index contributed by atoms with van der Waals surface area (Å²) in [5, 5.41) is 1.19. The minimum absolute atomic E-state index is 0.436. The summed E-state index contributed by atoms with van der Waals surface area (Å²) in [4.78, 5) is 9.19. The lowest BCUT2D eigenvalue weighted by Gasteiger charge is -2.14. The Hall–Kier alpha value is -2.24. The number of hydrogen-bond acceptors (Lipinski definition) is 5. The van der Waals surface area contributed by atoms with Crippen LogP contribution in [0.15, 0.2) is 53.7 Å². The minimum Gasteiger partial charge on any atom is -0.495 e. The van der Waals surface area contributed by atoms with Crippen molar-refractivity contribution in [3.63, 3.8) is 0 Å². The number of thioether (sulfide) groups is 1. The molecule has 0 saturated heterocycles. The first-order valence-electron chi connectivity index (χ1n) is 7.83. The third-order valence-electron chi connectivity index (χ3n) is 3.68. The van der Waals surface area contributed by atoms with Crippen LogP contribution in [0.2, 0.25) is 5.02 Å². The minimum atomic E-state index is 0.436. The van der Waals surface area contributed by atoms with Crippen molar-refractivity contribution in [2.24, 2.45) is 0 Å². The number of nitrogens with two attached hydrogens (primary N) is 1. The monoisotopic (exact) mass is 371 g/mol. The quantitative estimate of drug-likeness (QED) is 0.495. The van der Waals surface area contributed by atoms with Crippen LogP contribution in [0.3, 0.4) is 0 Å². The predicted molar refractivity (Wildman–Crippen MR) is 105 cm³/mol. The van der Waals surface area contributed by atoms with Gasteiger partial charge in [0.1, 0.15) is 11.6 Å². The summed E-state index contributed by atoms with van der Waals surface area (Å²) in [5.74, 6) is 1.93. The number of rotatable bonds is 5. The third kappa shape index (κ3) is 3.72. The zero-order valence-corrected chi connectivity index (χ0v) is 15.6. The van der Waals surface area contributed by atoms with Crippen LogP contribution in [0.4, 0.5) is 5.82 Å². The van der Waals surface area contributed by atoms with Gasteiger partial charge in [-0.15, -0.1) is 0 Å². The molecule has 1 heterocycles. The number of aromatic nitrogens is 2. The molecule has 0 bridgehead atoms. The topological polar surface area (TPSA) is 61.0 Å². The molecular weight excluding hydrogens is 354 g/mol. The maximum Gasteiger partial charge on any atom is 0.190 e. The van der Waals surface area contributed by atoms with E-state index in [1.807, 2.05) is 48.5 Å². The normalized spacial score (nSPS) is 10.7. The van der Waals surface area contributed by atoms with Crippen molar-refractivity contribution in [3.05, 3.63) is 53.6 Å². The number of nitrogen functional groups attached to an aromatic ring is 1. The number of ether oxygens (including phenoxy) is 1. The van der Waals surface area contributed by atoms with Crippen LogP contribution in [0.1, 0.15) is 6.92 Å². The van der Waals surface area contributed by atoms with Gasteiger partial charge in [-0.05, 0) is 23.4 Å². The Morgan fingerprint density at radius 3 is 2.48 bits per heavy atom. The average Bonchev–Trinajstić information content (AvgIpc) is 2.62. The standard InChI is InChI=1S/C19H18ClN3OS/c1-3-25-19-22-17(12-7-5-4-6-8-12)16(18(21)23-19)13-9-10-15(24-2)14(20)11-13/h4-11H,3H2,1-2H3,(H2,21,22,23). The molecule has 2 N–H and O–H groups in total. The summed E-state index contributed by atoms with van der Waals surface area (Å²) in [5.41, 5.74) is 9.71. The van der Waals surface area contributed by atoms with Gasteiger partial charge in [0.25, 0.3) is 0 Å². The van der Waals surface area contributed by atoms with Crippen molar-refractivity contribution in [1.82, 2.24) is 9.97 Å². The lowest BCUT2D eigenvalue weighted by atomic mass is 9.99. The fraction of sp³-hybridized carbons (Fsp3) is 0.158. The number of methoxy groups -OCH3 is 1. The summed E-state index contributed by atoms with van der Waals surface area (Å²) < 4.78 is 5.23. The van der Waals surface area contributed by atoms with Gasteiger partial charge in [0.15, 0.2) is 5.16 Å². The molecule has 4 nitrogen and oxygen atoms in total. The van der Waals surface area contributed by atoms with Gasteiger partial charge >= 0.3 is 0 Å². The number of benzene rings is 2. The SMILES string of the molecule is CCSc1nc(N)c(-c2ccc(OC)c(Cl)c2)c(-c2ccccc2)n1. The second-order valence-electron chi connectivity index (χ2n) is 5.26. The van der Waals surface area contributed by atoms with Crippen molar-refractivity contribution in [2.75, 3.05) is 18.6 Å². The Balaban J connectivity index is 2.23. The van der Waals surface area contributed by atoms with E-state index >= 15 is 0 Å². The van der Waals surface area contributed by atoms with Gasteiger partial charge in [0, 0.05) is 5.56 Å². The highest BCUT2D eigenvalue weighted by Gasteiger charge is 2.17. The van der Waals surface area contributed by atoms with Gasteiger partial charge in [-0.25, -0.2) is 9.97 Å². The van der Waals surface area contributed by atoms with Crippen LogP contribution < -0.4 is 10.5 Å². The molecule has 0 unspecified atom stereocenters. The lowest BCUT2D eigenvalue weighted by Crippen LogP contribution is -2.02. The van der Waals surface area contributed by atoms with Gasteiger partial charge in [0.05, 0.1) is 23.4 Å². The first-order chi connectivity index (χ1) is 12.1. The Morgan fingerprint density at radius 2 is 1.84 bits per heavy atom. The van der Waals surface area contributed by atoms with Gasteiger partial charge in [0.2, 0.25) is 0 Å². The fourth-order valence-corrected chi connectivity index (χ4v) is 3.40. The number of halogens is 1. The van der Waals surface area contributed by atoms with E-state index in [0.717, 1.165) is 28.1 Å². The second kappa shape index (κ2) is 7.76. The first-order valence-corrected chi connectivity index (χ1v) is 9.20. The molecule has 128 valence electrons. The molecule has 1 aromatic heterocycles. The van der Waals surface area contributed by atoms with Crippen molar-refractivity contribution < 1.29 is 4.74 Å². The number of nitrogens with zero attached hydrogens (tertiary/aromatic N) is 2. The van der Waals surface area contributed by atoms with E-state index in [0.29, 0.717) is 21.7 Å². The average molecular weight is 372 g/mol. The molecule has 0 spiro atoms. The molecule has 3 rings (SSSR count). The molecule has 6 heteroatoms. The van der Waals surface area contributed by atoms with E-state index in [-0.39, 0.29) is 0 Å². The Bertz CT molecular complexity index is 887. The molecule has 3 aromatic rings. The molecule has 0 aliphatic heterocycles. The zero-order chi connectivity index (χ0) is 17.8. The molecule has 0 atom stereocenters. The molecular formula is C19H18ClN3OS. The first kappa shape index (κ1) is 17.6. The highest BCUT2D eigenvalue weighted by Crippen LogP contribution is 2.38. The van der Waals surface area contributed by atoms with Crippen LogP contribution in [0.5, 0.6) is 5.75 Å². The molecule has 0 radical (unpaired) electrons. The van der Waals surface area contributed by atoms with Crippen molar-refractivity contribution >= 4 is 29.2 Å². The van der Waals surface area contributed by atoms with Crippen LogP contribution >= 0.6 is 23.4 Å². The number of hydrogen-bond donors (Lipinski definition) is 1. The smallest absolute Gasteiger partial charge is 0.190 e. The highest BCUT2D eigenvalue weighted by molar-refractivity contribution is 7.99. The van der Waals surface area contributed by atoms with E-state index in [2.05, 4.69) is 11.9 Å². The van der Waals surface area contributed by atoms with E-state index in [1.54, 1.807) is 18.9 Å². The summed E-state index contributed by atoms with van der Waals surface area (Å²) in [7, 11) is 1.59. The third-order valence-corrected chi connectivity index (χ3v) is 4.70. The summed E-state index contributed by atoms with van der Waals surface area (Å²) in [6.45, 7) is 2.06. The molecule has 2 aromatic carbocycles. The molecule has 0 aliphatic carbocycles. The van der Waals surface area contributed by atoms with Crippen LogP contribution in [-0.2, 0) is 0 Å². The van der Waals surface area contributed by atoms with E-state index in [9.17, 15) is 0 Å². The number of anilines is 1. The molecule has 0 fully saturated rings. The van der Waals surface area contributed by atoms with Gasteiger partial charge in [-0.1, -0.05) is 66.7 Å². The molecule has 0 saturated carbocycles. The zero-order valence-electron chi connectivity index (χ0n) is 14.0. The van der Waals surface area contributed by atoms with Crippen molar-refractivity contribution in [1.29, 1.82) is 0 Å². The van der Waals surface area contributed by atoms with E-state index in [1.165, 1.54) is 0 Å². The Kier molecular flexibility index (Phi) is 5.46. The maximum absolute atomic E-state index is 6.30. The second-order valence-corrected chi connectivity index (χ2v) is 6.90. The van der Waals surface area contributed by atoms with Crippen LogP contribution in [0, 0.1) is 0 Å². The van der Waals surface area contributed by atoms with Crippen molar-refractivity contribution in [3.8, 4) is 28.1 Å². The molecule has 25 heavy (non-hydrogen) atoms. The maximum atomic E-state index is 6.30. The highest BCUT2D eigenvalue weighted by atomic mass is 35.5. The van der Waals surface area contributed by atoms with E-state index in [4.69, 9.17) is 27.1 Å². The lowest BCUT2D eigenvalue weighted by molar-refractivity contribution is 0.415. The Labute approximate surface area is 156 Å². The predicted octanol–water partition coefficient (Wildman–Crippen LogP) is 5.17. The Morgan fingerprint density at radius 1 is 1.08 bits per heavy atom. The fourth-order valence-electron chi connectivity index (χ4n) is 2.56. The summed E-state index contributed by atoms with van der Waals surface area (Å²) in [6.07, 6.45) is 0. The van der Waals surface area contributed by atoms with Crippen molar-refractivity contribution in [2.45, 2.75) is 12.1 Å². The van der Waals surface area contributed by atoms with Crippen LogP contribution in [-0.4, -0.2) is 22.8 Å². The van der Waals surface area contributed by atoms with Crippen LogP contribution in [0.25, 0.3) is 22.4 Å². The molecule has 0 aliphatic rings. The molecule has 0 amide bonds. The van der Waals surface area contributed by atoms with Gasteiger partial charge < -0.3 is 10.5 Å². The largest absolute Gasteiger partial charge is 0.495 e. The van der Waals surface area contributed by atoms with Gasteiger partial charge in [-0.3, -0.25) is 0 Å².